The summed E-state index contributed by atoms with van der Waals surface area (Å²) in [6.45, 7) is -0.104. The van der Waals surface area contributed by atoms with Crippen molar-refractivity contribution >= 4 is 35.5 Å². The molecule has 0 bridgehead atoms. The highest BCUT2D eigenvalue weighted by Gasteiger charge is 2.12. The first-order valence-electron chi connectivity index (χ1n) is 7.81. The van der Waals surface area contributed by atoms with E-state index in [-0.39, 0.29) is 13.2 Å². The monoisotopic (exact) mass is 388 g/mol. The van der Waals surface area contributed by atoms with Crippen LogP contribution in [-0.2, 0) is 20.9 Å². The molecule has 0 aliphatic heterocycles. The lowest BCUT2D eigenvalue weighted by Gasteiger charge is -2.07. The van der Waals surface area contributed by atoms with E-state index >= 15 is 0 Å². The van der Waals surface area contributed by atoms with E-state index in [1.54, 1.807) is 6.07 Å². The van der Waals surface area contributed by atoms with E-state index in [4.69, 9.17) is 22.1 Å². The number of ether oxygens (including phenoxy) is 1. The number of primary amides is 1. The number of nitrogens with one attached hydrogen (secondary N) is 2. The number of hydrogen-bond acceptors (Lipinski definition) is 5. The molecule has 0 atom stereocenters. The fourth-order valence-corrected chi connectivity index (χ4v) is 2.15. The van der Waals surface area contributed by atoms with Crippen LogP contribution in [0.5, 0.6) is 5.75 Å². The van der Waals surface area contributed by atoms with Gasteiger partial charge in [0.15, 0.2) is 6.61 Å². The molecule has 27 heavy (non-hydrogen) atoms. The number of amides is 3. The van der Waals surface area contributed by atoms with E-state index in [1.165, 1.54) is 18.3 Å². The van der Waals surface area contributed by atoms with Crippen molar-refractivity contribution in [2.75, 3.05) is 6.61 Å². The molecule has 0 aliphatic carbocycles. The molecule has 8 nitrogen and oxygen atoms in total. The van der Waals surface area contributed by atoms with Crippen molar-refractivity contribution < 1.29 is 19.1 Å². The smallest absolute Gasteiger partial charge is 0.329 e. The highest BCUT2D eigenvalue weighted by atomic mass is 35.5. The van der Waals surface area contributed by atoms with Gasteiger partial charge < -0.3 is 15.8 Å². The maximum Gasteiger partial charge on any atom is 0.329 e. The zero-order valence-corrected chi connectivity index (χ0v) is 14.9. The highest BCUT2D eigenvalue weighted by molar-refractivity contribution is 6.35. The Morgan fingerprint density at radius 2 is 1.85 bits per heavy atom. The van der Waals surface area contributed by atoms with Gasteiger partial charge in [0.25, 0.3) is 5.91 Å². The Kier molecular flexibility index (Phi) is 7.33. The summed E-state index contributed by atoms with van der Waals surface area (Å²) in [5.41, 5.74) is 8.40. The third kappa shape index (κ3) is 6.79. The first kappa shape index (κ1) is 19.9. The Balaban J connectivity index is 1.91. The van der Waals surface area contributed by atoms with Gasteiger partial charge in [0.05, 0.1) is 6.21 Å². The second kappa shape index (κ2) is 9.93. The van der Waals surface area contributed by atoms with Gasteiger partial charge in [0, 0.05) is 17.1 Å². The Morgan fingerprint density at radius 1 is 1.11 bits per heavy atom. The lowest BCUT2D eigenvalue weighted by molar-refractivity contribution is -0.139. The maximum absolute atomic E-state index is 11.8. The SMILES string of the molecule is NC(=O)COc1ccc(Cl)cc1/C=N\NC(=O)C(=O)NCc1ccccc1. The normalized spacial score (nSPS) is 10.4. The minimum absolute atomic E-state index is 0.218. The molecule has 4 N–H and O–H groups in total. The molecule has 0 saturated heterocycles. The maximum atomic E-state index is 11.8. The Morgan fingerprint density at radius 3 is 2.56 bits per heavy atom. The summed E-state index contributed by atoms with van der Waals surface area (Å²) in [7, 11) is 0. The van der Waals surface area contributed by atoms with Crippen molar-refractivity contribution in [1.82, 2.24) is 10.7 Å². The molecule has 0 aromatic heterocycles. The van der Waals surface area contributed by atoms with Crippen LogP contribution in [0.1, 0.15) is 11.1 Å². The summed E-state index contributed by atoms with van der Waals surface area (Å²) in [5, 5.41) is 6.58. The Hall–Kier alpha value is -3.39. The van der Waals surface area contributed by atoms with E-state index in [0.29, 0.717) is 16.3 Å². The number of carbonyl (C=O) groups is 3. The van der Waals surface area contributed by atoms with Crippen molar-refractivity contribution in [3.05, 3.63) is 64.7 Å². The molecule has 9 heteroatoms. The van der Waals surface area contributed by atoms with Gasteiger partial charge in [-0.25, -0.2) is 5.43 Å². The molecule has 0 unspecified atom stereocenters. The third-order valence-corrected chi connectivity index (χ3v) is 3.45. The van der Waals surface area contributed by atoms with E-state index in [1.807, 2.05) is 30.3 Å². The molecule has 0 saturated carbocycles. The molecule has 3 amide bonds. The number of carbonyl (C=O) groups excluding carboxylic acids is 3. The summed E-state index contributed by atoms with van der Waals surface area (Å²) < 4.78 is 5.23. The van der Waals surface area contributed by atoms with Crippen molar-refractivity contribution in [2.24, 2.45) is 10.8 Å². The molecule has 2 aromatic carbocycles. The zero-order valence-electron chi connectivity index (χ0n) is 14.1. The second-order valence-corrected chi connectivity index (χ2v) is 5.74. The van der Waals surface area contributed by atoms with Gasteiger partial charge in [-0.2, -0.15) is 5.10 Å². The first-order chi connectivity index (χ1) is 13.0. The quantitative estimate of drug-likeness (QED) is 0.371. The molecular weight excluding hydrogens is 372 g/mol. The average molecular weight is 389 g/mol. The summed E-state index contributed by atoms with van der Waals surface area (Å²) in [4.78, 5) is 34.4. The van der Waals surface area contributed by atoms with Crippen molar-refractivity contribution in [3.63, 3.8) is 0 Å². The van der Waals surface area contributed by atoms with Crippen molar-refractivity contribution in [2.45, 2.75) is 6.54 Å². The first-order valence-corrected chi connectivity index (χ1v) is 8.19. The Bertz CT molecular complexity index is 856. The molecule has 140 valence electrons. The molecule has 0 fully saturated rings. The summed E-state index contributed by atoms with van der Waals surface area (Å²) >= 11 is 5.91. The van der Waals surface area contributed by atoms with E-state index in [9.17, 15) is 14.4 Å². The number of benzene rings is 2. The molecule has 0 aliphatic rings. The standard InChI is InChI=1S/C18H17ClN4O4/c19-14-6-7-15(27-11-16(20)24)13(8-14)10-22-23-18(26)17(25)21-9-12-4-2-1-3-5-12/h1-8,10H,9,11H2,(H2,20,24)(H,21,25)(H,23,26)/b22-10-. The van der Waals surface area contributed by atoms with Crippen LogP contribution >= 0.6 is 11.6 Å². The van der Waals surface area contributed by atoms with Gasteiger partial charge >= 0.3 is 11.8 Å². The summed E-state index contributed by atoms with van der Waals surface area (Å²) in [6.07, 6.45) is 1.24. The fraction of sp³-hybridized carbons (Fsp3) is 0.111. The predicted octanol–water partition coefficient (Wildman–Crippen LogP) is 0.971. The van der Waals surface area contributed by atoms with Crippen LogP contribution in [0.25, 0.3) is 0 Å². The second-order valence-electron chi connectivity index (χ2n) is 5.30. The van der Waals surface area contributed by atoms with Gasteiger partial charge in [-0.1, -0.05) is 41.9 Å². The molecular formula is C18H17ClN4O4. The van der Waals surface area contributed by atoms with Crippen LogP contribution in [0.2, 0.25) is 5.02 Å². The van der Waals surface area contributed by atoms with Crippen LogP contribution in [0.15, 0.2) is 53.6 Å². The van der Waals surface area contributed by atoms with Crippen LogP contribution in [0, 0.1) is 0 Å². The number of hydrogen-bond donors (Lipinski definition) is 3. The van der Waals surface area contributed by atoms with Gasteiger partial charge in [-0.15, -0.1) is 0 Å². The molecule has 0 radical (unpaired) electrons. The molecule has 2 rings (SSSR count). The minimum atomic E-state index is -0.927. The van der Waals surface area contributed by atoms with Crippen molar-refractivity contribution in [1.29, 1.82) is 0 Å². The molecule has 0 spiro atoms. The number of nitrogens with zero attached hydrogens (tertiary/aromatic N) is 1. The van der Waals surface area contributed by atoms with E-state index in [2.05, 4.69) is 15.8 Å². The Labute approximate surface area is 160 Å². The van der Waals surface area contributed by atoms with Gasteiger partial charge in [-0.05, 0) is 23.8 Å². The van der Waals surface area contributed by atoms with Crippen LogP contribution in [0.3, 0.4) is 0 Å². The largest absolute Gasteiger partial charge is 0.483 e. The van der Waals surface area contributed by atoms with E-state index < -0.39 is 17.7 Å². The number of hydrazone groups is 1. The average Bonchev–Trinajstić information content (AvgIpc) is 2.66. The van der Waals surface area contributed by atoms with Gasteiger partial charge in [0.1, 0.15) is 5.75 Å². The van der Waals surface area contributed by atoms with Crippen LogP contribution in [0.4, 0.5) is 0 Å². The molecule has 0 heterocycles. The van der Waals surface area contributed by atoms with Crippen LogP contribution < -0.4 is 21.2 Å². The predicted molar refractivity (Wildman–Crippen MR) is 100 cm³/mol. The highest BCUT2D eigenvalue weighted by Crippen LogP contribution is 2.21. The van der Waals surface area contributed by atoms with Crippen LogP contribution in [-0.4, -0.2) is 30.5 Å². The lowest BCUT2D eigenvalue weighted by Crippen LogP contribution is -2.37. The van der Waals surface area contributed by atoms with Crippen molar-refractivity contribution in [3.8, 4) is 5.75 Å². The van der Waals surface area contributed by atoms with Gasteiger partial charge in [0.2, 0.25) is 0 Å². The topological polar surface area (TPSA) is 123 Å². The number of nitrogens with two attached hydrogens (primary N) is 1. The minimum Gasteiger partial charge on any atom is -0.483 e. The zero-order chi connectivity index (χ0) is 19.6. The fourth-order valence-electron chi connectivity index (χ4n) is 1.97. The number of halogens is 1. The summed E-state index contributed by atoms with van der Waals surface area (Å²) in [6, 6.07) is 13.8. The number of rotatable bonds is 7. The lowest BCUT2D eigenvalue weighted by atomic mass is 10.2. The third-order valence-electron chi connectivity index (χ3n) is 3.21. The van der Waals surface area contributed by atoms with E-state index in [0.717, 1.165) is 5.56 Å². The molecule has 2 aromatic rings. The van der Waals surface area contributed by atoms with Gasteiger partial charge in [-0.3, -0.25) is 14.4 Å². The summed E-state index contributed by atoms with van der Waals surface area (Å²) in [5.74, 6) is -2.10.